The molecule has 118 valence electrons. The summed E-state index contributed by atoms with van der Waals surface area (Å²) in [6.07, 6.45) is 5.41. The minimum absolute atomic E-state index is 0.746. The molecule has 2 rings (SSSR count). The van der Waals surface area contributed by atoms with Crippen LogP contribution in [0.1, 0.15) is 63.5 Å². The Morgan fingerprint density at radius 2 is 1.86 bits per heavy atom. The van der Waals surface area contributed by atoms with Crippen LogP contribution in [0, 0.1) is 24.7 Å². The summed E-state index contributed by atoms with van der Waals surface area (Å²) in [7, 11) is 0. The van der Waals surface area contributed by atoms with Gasteiger partial charge in [0.05, 0.1) is 0 Å². The van der Waals surface area contributed by atoms with E-state index in [0.29, 0.717) is 0 Å². The van der Waals surface area contributed by atoms with Crippen LogP contribution in [-0.4, -0.2) is 13.1 Å². The van der Waals surface area contributed by atoms with Gasteiger partial charge in [0.2, 0.25) is 0 Å². The normalized spacial score (nSPS) is 26.2. The fraction of sp³-hybridized carbons (Fsp3) is 0.700. The largest absolute Gasteiger partial charge is 0.316 e. The van der Waals surface area contributed by atoms with Gasteiger partial charge in [0.1, 0.15) is 0 Å². The lowest BCUT2D eigenvalue weighted by Gasteiger charge is -2.38. The first-order valence-electron chi connectivity index (χ1n) is 8.89. The molecule has 1 aliphatic rings. The third-order valence-corrected chi connectivity index (χ3v) is 5.32. The first-order valence-corrected chi connectivity index (χ1v) is 8.89. The second-order valence-corrected chi connectivity index (χ2v) is 7.30. The van der Waals surface area contributed by atoms with Crippen molar-refractivity contribution in [2.24, 2.45) is 17.8 Å². The molecule has 1 aliphatic carbocycles. The van der Waals surface area contributed by atoms with Crippen LogP contribution < -0.4 is 5.32 Å². The van der Waals surface area contributed by atoms with E-state index < -0.39 is 0 Å². The highest BCUT2D eigenvalue weighted by atomic mass is 14.9. The van der Waals surface area contributed by atoms with Crippen molar-refractivity contribution in [3.63, 3.8) is 0 Å². The molecule has 21 heavy (non-hydrogen) atoms. The highest BCUT2D eigenvalue weighted by Crippen LogP contribution is 2.42. The zero-order valence-corrected chi connectivity index (χ0v) is 14.4. The highest BCUT2D eigenvalue weighted by Gasteiger charge is 2.32. The van der Waals surface area contributed by atoms with Crippen LogP contribution in [0.4, 0.5) is 0 Å². The van der Waals surface area contributed by atoms with Gasteiger partial charge in [-0.1, -0.05) is 50.6 Å². The Morgan fingerprint density at radius 3 is 2.48 bits per heavy atom. The zero-order chi connectivity index (χ0) is 15.2. The smallest absolute Gasteiger partial charge is 0.00147 e. The van der Waals surface area contributed by atoms with E-state index >= 15 is 0 Å². The van der Waals surface area contributed by atoms with Crippen LogP contribution >= 0.6 is 0 Å². The average Bonchev–Trinajstić information content (AvgIpc) is 2.48. The molecule has 0 heterocycles. The van der Waals surface area contributed by atoms with Crippen molar-refractivity contribution in [1.82, 2.24) is 5.32 Å². The molecule has 1 saturated carbocycles. The second kappa shape index (κ2) is 7.98. The maximum absolute atomic E-state index is 3.66. The van der Waals surface area contributed by atoms with Crippen LogP contribution in [0.3, 0.4) is 0 Å². The van der Waals surface area contributed by atoms with E-state index in [-0.39, 0.29) is 0 Å². The lowest BCUT2D eigenvalue weighted by Crippen LogP contribution is -2.33. The number of aryl methyl sites for hydroxylation is 1. The van der Waals surface area contributed by atoms with Crippen LogP contribution in [0.5, 0.6) is 0 Å². The minimum Gasteiger partial charge on any atom is -0.316 e. The molecule has 0 radical (unpaired) electrons. The van der Waals surface area contributed by atoms with Gasteiger partial charge in [0.15, 0.2) is 0 Å². The molecule has 1 nitrogen and oxygen atoms in total. The lowest BCUT2D eigenvalue weighted by molar-refractivity contribution is 0.190. The Balaban J connectivity index is 2.09. The topological polar surface area (TPSA) is 12.0 Å². The summed E-state index contributed by atoms with van der Waals surface area (Å²) >= 11 is 0. The Morgan fingerprint density at radius 1 is 1.14 bits per heavy atom. The van der Waals surface area contributed by atoms with Gasteiger partial charge < -0.3 is 5.32 Å². The lowest BCUT2D eigenvalue weighted by atomic mass is 9.68. The summed E-state index contributed by atoms with van der Waals surface area (Å²) < 4.78 is 0. The highest BCUT2D eigenvalue weighted by molar-refractivity contribution is 5.25. The molecule has 1 aromatic carbocycles. The third-order valence-electron chi connectivity index (χ3n) is 5.32. The number of nitrogens with one attached hydrogen (secondary N) is 1. The van der Waals surface area contributed by atoms with Gasteiger partial charge in [-0.25, -0.2) is 0 Å². The quantitative estimate of drug-likeness (QED) is 0.713. The van der Waals surface area contributed by atoms with Gasteiger partial charge >= 0.3 is 0 Å². The van der Waals surface area contributed by atoms with Gasteiger partial charge in [-0.2, -0.15) is 0 Å². The minimum atomic E-state index is 0.746. The summed E-state index contributed by atoms with van der Waals surface area (Å²) in [6.45, 7) is 11.6. The monoisotopic (exact) mass is 287 g/mol. The molecule has 3 unspecified atom stereocenters. The second-order valence-electron chi connectivity index (χ2n) is 7.30. The summed E-state index contributed by atoms with van der Waals surface area (Å²) in [5, 5.41) is 3.66. The molecule has 3 atom stereocenters. The molecular formula is C20H33N. The molecule has 0 aromatic heterocycles. The van der Waals surface area contributed by atoms with E-state index in [2.05, 4.69) is 57.3 Å². The molecule has 0 amide bonds. The number of hydrogen-bond acceptors (Lipinski definition) is 1. The average molecular weight is 287 g/mol. The van der Waals surface area contributed by atoms with Crippen molar-refractivity contribution in [1.29, 1.82) is 0 Å². The number of benzene rings is 1. The fourth-order valence-electron chi connectivity index (χ4n) is 3.80. The van der Waals surface area contributed by atoms with Crippen LogP contribution in [-0.2, 0) is 0 Å². The van der Waals surface area contributed by atoms with Gasteiger partial charge in [0.25, 0.3) is 0 Å². The molecule has 1 heteroatoms. The Bertz CT molecular complexity index is 406. The molecule has 1 N–H and O–H groups in total. The van der Waals surface area contributed by atoms with E-state index in [1.807, 2.05) is 0 Å². The van der Waals surface area contributed by atoms with E-state index in [1.165, 1.54) is 37.8 Å². The number of hydrogen-bond donors (Lipinski definition) is 1. The van der Waals surface area contributed by atoms with Crippen molar-refractivity contribution >= 4 is 0 Å². The maximum Gasteiger partial charge on any atom is -0.00147 e. The van der Waals surface area contributed by atoms with E-state index in [9.17, 15) is 0 Å². The SMILES string of the molecule is CCCNCC1CCC(C(C)C)CC1c1ccc(C)cc1. The van der Waals surface area contributed by atoms with Crippen molar-refractivity contribution < 1.29 is 0 Å². The van der Waals surface area contributed by atoms with Gasteiger partial charge in [-0.3, -0.25) is 0 Å². The molecule has 0 bridgehead atoms. The van der Waals surface area contributed by atoms with E-state index in [4.69, 9.17) is 0 Å². The maximum atomic E-state index is 3.66. The zero-order valence-electron chi connectivity index (χ0n) is 14.4. The fourth-order valence-corrected chi connectivity index (χ4v) is 3.80. The van der Waals surface area contributed by atoms with Crippen LogP contribution in [0.25, 0.3) is 0 Å². The first-order chi connectivity index (χ1) is 10.1. The molecule has 1 aromatic rings. The molecule has 0 spiro atoms. The van der Waals surface area contributed by atoms with Crippen LogP contribution in [0.2, 0.25) is 0 Å². The Labute approximate surface area is 131 Å². The first kappa shape index (κ1) is 16.5. The molecule has 0 saturated heterocycles. The summed E-state index contributed by atoms with van der Waals surface area (Å²) in [4.78, 5) is 0. The van der Waals surface area contributed by atoms with Gasteiger partial charge in [-0.15, -0.1) is 0 Å². The number of rotatable bonds is 6. The predicted octanol–water partition coefficient (Wildman–Crippen LogP) is 5.15. The van der Waals surface area contributed by atoms with E-state index in [0.717, 1.165) is 30.2 Å². The van der Waals surface area contributed by atoms with E-state index in [1.54, 1.807) is 5.56 Å². The summed E-state index contributed by atoms with van der Waals surface area (Å²) in [6, 6.07) is 9.31. The molecular weight excluding hydrogens is 254 g/mol. The standard InChI is InChI=1S/C20H33N/c1-5-12-21-14-19-11-10-18(15(2)3)13-20(19)17-8-6-16(4)7-9-17/h6-9,15,18-21H,5,10-14H2,1-4H3. The van der Waals surface area contributed by atoms with Crippen molar-refractivity contribution in [2.45, 2.75) is 59.3 Å². The summed E-state index contributed by atoms with van der Waals surface area (Å²) in [5.74, 6) is 3.28. The summed E-state index contributed by atoms with van der Waals surface area (Å²) in [5.41, 5.74) is 2.94. The Kier molecular flexibility index (Phi) is 6.29. The third kappa shape index (κ3) is 4.57. The van der Waals surface area contributed by atoms with Gasteiger partial charge in [0, 0.05) is 0 Å². The molecule has 1 fully saturated rings. The Hall–Kier alpha value is -0.820. The van der Waals surface area contributed by atoms with Crippen LogP contribution in [0.15, 0.2) is 24.3 Å². The molecule has 0 aliphatic heterocycles. The van der Waals surface area contributed by atoms with Crippen molar-refractivity contribution in [3.8, 4) is 0 Å². The predicted molar refractivity (Wildman–Crippen MR) is 92.7 cm³/mol. The van der Waals surface area contributed by atoms with Crippen molar-refractivity contribution in [3.05, 3.63) is 35.4 Å². The van der Waals surface area contributed by atoms with Crippen molar-refractivity contribution in [2.75, 3.05) is 13.1 Å². The van der Waals surface area contributed by atoms with Gasteiger partial charge in [-0.05, 0) is 74.9 Å².